The van der Waals surface area contributed by atoms with Crippen molar-refractivity contribution in [2.24, 2.45) is 11.7 Å². The first-order chi connectivity index (χ1) is 12.7. The molecule has 0 fully saturated rings. The number of rotatable bonds is 5. The largest absolute Gasteiger partial charge is 0.325 e. The monoisotopic (exact) mass is 361 g/mol. The summed E-state index contributed by atoms with van der Waals surface area (Å²) in [6.07, 6.45) is 3.25. The molecule has 0 amide bonds. The molecule has 2 N–H and O–H groups in total. The van der Waals surface area contributed by atoms with Crippen LogP contribution in [-0.2, 0) is 13.0 Å². The second kappa shape index (κ2) is 7.06. The van der Waals surface area contributed by atoms with E-state index >= 15 is 0 Å². The topological polar surface area (TPSA) is 43.3 Å². The fourth-order valence-corrected chi connectivity index (χ4v) is 4.33. The first-order valence-electron chi connectivity index (χ1n) is 9.01. The molecule has 132 valence electrons. The van der Waals surface area contributed by atoms with Crippen molar-refractivity contribution in [2.45, 2.75) is 26.8 Å². The van der Waals surface area contributed by atoms with Gasteiger partial charge in [0.05, 0.1) is 16.3 Å². The molecule has 2 aromatic carbocycles. The Bertz CT molecular complexity index is 1010. The molecule has 2 aromatic heterocycles. The fraction of sp³-hybridized carbons (Fsp3) is 0.227. The van der Waals surface area contributed by atoms with Crippen LogP contribution in [0.3, 0.4) is 0 Å². The number of aromatic nitrogens is 2. The van der Waals surface area contributed by atoms with Gasteiger partial charge in [0.1, 0.15) is 0 Å². The predicted molar refractivity (Wildman–Crippen MR) is 110 cm³/mol. The molecule has 3 nitrogen and oxygen atoms in total. The molecule has 0 radical (unpaired) electrons. The first-order valence-corrected chi connectivity index (χ1v) is 9.83. The summed E-state index contributed by atoms with van der Waals surface area (Å²) in [6.45, 7) is 4.96. The van der Waals surface area contributed by atoms with E-state index in [1.54, 1.807) is 11.3 Å². The Balaban J connectivity index is 1.73. The van der Waals surface area contributed by atoms with Crippen LogP contribution in [0.4, 0.5) is 0 Å². The van der Waals surface area contributed by atoms with Gasteiger partial charge in [0.2, 0.25) is 0 Å². The van der Waals surface area contributed by atoms with Crippen LogP contribution >= 0.6 is 11.3 Å². The van der Waals surface area contributed by atoms with Crippen molar-refractivity contribution in [2.75, 3.05) is 0 Å². The van der Waals surface area contributed by atoms with E-state index in [1.165, 1.54) is 16.0 Å². The van der Waals surface area contributed by atoms with Gasteiger partial charge in [0.15, 0.2) is 4.96 Å². The van der Waals surface area contributed by atoms with E-state index in [0.717, 1.165) is 28.3 Å². The smallest absolute Gasteiger partial charge is 0.195 e. The summed E-state index contributed by atoms with van der Waals surface area (Å²) in [7, 11) is 0. The Hall–Kier alpha value is -2.43. The molecular formula is C22H23N3S. The number of nitrogens with zero attached hydrogens (tertiary/aromatic N) is 2. The minimum atomic E-state index is 0.467. The number of hydrogen-bond donors (Lipinski definition) is 1. The summed E-state index contributed by atoms with van der Waals surface area (Å²) in [6, 6.07) is 19.2. The van der Waals surface area contributed by atoms with Gasteiger partial charge in [-0.15, -0.1) is 0 Å². The van der Waals surface area contributed by atoms with Crippen LogP contribution in [0.15, 0.2) is 60.8 Å². The molecule has 4 heteroatoms. The van der Waals surface area contributed by atoms with Gasteiger partial charge in [0, 0.05) is 18.3 Å². The van der Waals surface area contributed by atoms with Crippen LogP contribution in [-0.4, -0.2) is 9.38 Å². The second-order valence-corrected chi connectivity index (χ2v) is 8.03. The summed E-state index contributed by atoms with van der Waals surface area (Å²) in [5.41, 5.74) is 11.9. The lowest BCUT2D eigenvalue weighted by Gasteiger charge is -2.06. The van der Waals surface area contributed by atoms with Crippen molar-refractivity contribution >= 4 is 16.3 Å². The van der Waals surface area contributed by atoms with Gasteiger partial charge < -0.3 is 5.73 Å². The number of fused-ring (bicyclic) bond motifs is 1. The third-order valence-electron chi connectivity index (χ3n) is 4.55. The standard InChI is InChI=1S/C22H23N3S/c1-15(2)12-16-8-10-18(11-9-16)21-19(13-23)25-14-20(26-22(25)24-21)17-6-4-3-5-7-17/h3-11,14-15H,12-13,23H2,1-2H3. The number of benzene rings is 2. The summed E-state index contributed by atoms with van der Waals surface area (Å²) < 4.78 is 2.14. The summed E-state index contributed by atoms with van der Waals surface area (Å²) >= 11 is 1.70. The SMILES string of the molecule is CC(C)Cc1ccc(-c2nc3sc(-c4ccccc4)cn3c2CN)cc1. The average molecular weight is 362 g/mol. The van der Waals surface area contributed by atoms with Gasteiger partial charge in [-0.2, -0.15) is 0 Å². The summed E-state index contributed by atoms with van der Waals surface area (Å²) in [4.78, 5) is 7.09. The molecule has 0 aliphatic carbocycles. The van der Waals surface area contributed by atoms with E-state index in [1.807, 2.05) is 6.07 Å². The van der Waals surface area contributed by atoms with Crippen molar-refractivity contribution in [1.29, 1.82) is 0 Å². The maximum absolute atomic E-state index is 6.09. The van der Waals surface area contributed by atoms with E-state index in [2.05, 4.69) is 73.0 Å². The van der Waals surface area contributed by atoms with Crippen molar-refractivity contribution < 1.29 is 0 Å². The highest BCUT2D eigenvalue weighted by Crippen LogP contribution is 2.33. The van der Waals surface area contributed by atoms with Gasteiger partial charge in [-0.3, -0.25) is 4.40 Å². The molecule has 0 aliphatic heterocycles. The lowest BCUT2D eigenvalue weighted by molar-refractivity contribution is 0.647. The molecule has 0 aliphatic rings. The zero-order valence-corrected chi connectivity index (χ0v) is 16.0. The Kier molecular flexibility index (Phi) is 4.62. The van der Waals surface area contributed by atoms with Crippen LogP contribution in [0.2, 0.25) is 0 Å². The molecule has 0 saturated carbocycles. The molecule has 26 heavy (non-hydrogen) atoms. The zero-order valence-electron chi connectivity index (χ0n) is 15.1. The zero-order chi connectivity index (χ0) is 18.1. The van der Waals surface area contributed by atoms with E-state index in [-0.39, 0.29) is 0 Å². The van der Waals surface area contributed by atoms with Gasteiger partial charge in [-0.25, -0.2) is 4.98 Å². The number of hydrogen-bond acceptors (Lipinski definition) is 3. The van der Waals surface area contributed by atoms with Gasteiger partial charge in [0.25, 0.3) is 0 Å². The normalized spacial score (nSPS) is 11.5. The minimum absolute atomic E-state index is 0.467. The van der Waals surface area contributed by atoms with Crippen LogP contribution in [0, 0.1) is 5.92 Å². The highest BCUT2D eigenvalue weighted by Gasteiger charge is 2.16. The van der Waals surface area contributed by atoms with E-state index < -0.39 is 0 Å². The Morgan fingerprint density at radius 1 is 1.00 bits per heavy atom. The highest BCUT2D eigenvalue weighted by molar-refractivity contribution is 7.20. The van der Waals surface area contributed by atoms with E-state index in [9.17, 15) is 0 Å². The third kappa shape index (κ3) is 3.18. The fourth-order valence-electron chi connectivity index (χ4n) is 3.32. The van der Waals surface area contributed by atoms with Crippen LogP contribution in [0.5, 0.6) is 0 Å². The molecule has 4 rings (SSSR count). The van der Waals surface area contributed by atoms with Gasteiger partial charge in [-0.05, 0) is 23.5 Å². The van der Waals surface area contributed by atoms with Crippen molar-refractivity contribution in [3.05, 3.63) is 72.1 Å². The maximum Gasteiger partial charge on any atom is 0.195 e. The molecule has 4 aromatic rings. The van der Waals surface area contributed by atoms with Crippen molar-refractivity contribution in [3.8, 4) is 21.7 Å². The van der Waals surface area contributed by atoms with E-state index in [0.29, 0.717) is 12.5 Å². The Morgan fingerprint density at radius 3 is 2.38 bits per heavy atom. The quantitative estimate of drug-likeness (QED) is 0.518. The molecule has 0 unspecified atom stereocenters. The van der Waals surface area contributed by atoms with Gasteiger partial charge in [-0.1, -0.05) is 79.8 Å². The number of imidazole rings is 1. The Labute approximate surface area is 158 Å². The lowest BCUT2D eigenvalue weighted by atomic mass is 10.0. The summed E-state index contributed by atoms with van der Waals surface area (Å²) in [5, 5.41) is 0. The molecule has 0 bridgehead atoms. The second-order valence-electron chi connectivity index (χ2n) is 7.02. The van der Waals surface area contributed by atoms with Crippen LogP contribution < -0.4 is 5.73 Å². The molecule has 0 spiro atoms. The summed E-state index contributed by atoms with van der Waals surface area (Å²) in [5.74, 6) is 0.662. The Morgan fingerprint density at radius 2 is 1.73 bits per heavy atom. The minimum Gasteiger partial charge on any atom is -0.325 e. The molecule has 0 atom stereocenters. The molecule has 2 heterocycles. The average Bonchev–Trinajstić information content (AvgIpc) is 3.20. The molecule has 0 saturated heterocycles. The van der Waals surface area contributed by atoms with Gasteiger partial charge >= 0.3 is 0 Å². The van der Waals surface area contributed by atoms with Crippen LogP contribution in [0.1, 0.15) is 25.1 Å². The van der Waals surface area contributed by atoms with E-state index in [4.69, 9.17) is 10.7 Å². The predicted octanol–water partition coefficient (Wildman–Crippen LogP) is 5.39. The number of nitrogens with two attached hydrogens (primary N) is 1. The van der Waals surface area contributed by atoms with Crippen molar-refractivity contribution in [3.63, 3.8) is 0 Å². The van der Waals surface area contributed by atoms with Crippen LogP contribution in [0.25, 0.3) is 26.7 Å². The van der Waals surface area contributed by atoms with Crippen molar-refractivity contribution in [1.82, 2.24) is 9.38 Å². The maximum atomic E-state index is 6.09. The highest BCUT2D eigenvalue weighted by atomic mass is 32.1. The third-order valence-corrected chi connectivity index (χ3v) is 5.58. The first kappa shape index (κ1) is 17.0. The molecular weight excluding hydrogens is 338 g/mol. The number of thiazole rings is 1. The lowest BCUT2D eigenvalue weighted by Crippen LogP contribution is -2.01.